The maximum atomic E-state index is 14.4. The van der Waals surface area contributed by atoms with Gasteiger partial charge in [0.05, 0.1) is 16.8 Å². The summed E-state index contributed by atoms with van der Waals surface area (Å²) < 4.78 is 20.5. The molecule has 2 aromatic rings. The number of ether oxygens (including phenoxy) is 1. The molecular weight excluding hydrogens is 529 g/mol. The van der Waals surface area contributed by atoms with Crippen molar-refractivity contribution in [1.29, 1.82) is 5.26 Å². The largest absolute Gasteiger partial charge is 0.444 e. The lowest BCUT2D eigenvalue weighted by atomic mass is 10.1. The Morgan fingerprint density at radius 3 is 2.58 bits per heavy atom. The van der Waals surface area contributed by atoms with Gasteiger partial charge in [-0.2, -0.15) is 5.26 Å². The molecule has 190 valence electrons. The normalized spacial score (nSPS) is 16.2. The molecule has 10 heteroatoms. The molecule has 1 saturated heterocycles. The lowest BCUT2D eigenvalue weighted by molar-refractivity contribution is 0.0263. The Kier molecular flexibility index (Phi) is 7.50. The zero-order chi connectivity index (χ0) is 26.0. The van der Waals surface area contributed by atoms with Gasteiger partial charge in [0, 0.05) is 42.3 Å². The number of hydrogen-bond acceptors (Lipinski definition) is 6. The zero-order valence-electron chi connectivity index (χ0n) is 20.6. The maximum Gasteiger partial charge on any atom is 0.410 e. The van der Waals surface area contributed by atoms with E-state index >= 15 is 0 Å². The van der Waals surface area contributed by atoms with Gasteiger partial charge in [0.25, 0.3) is 5.91 Å². The molecule has 2 amide bonds. The van der Waals surface area contributed by atoms with Crippen molar-refractivity contribution in [2.24, 2.45) is 0 Å². The van der Waals surface area contributed by atoms with Gasteiger partial charge in [-0.05, 0) is 74.2 Å². The van der Waals surface area contributed by atoms with Crippen molar-refractivity contribution in [3.63, 3.8) is 0 Å². The maximum absolute atomic E-state index is 14.4. The zero-order valence-corrected chi connectivity index (χ0v) is 22.2. The van der Waals surface area contributed by atoms with Gasteiger partial charge >= 0.3 is 6.09 Å². The molecule has 0 spiro atoms. The molecule has 8 nitrogen and oxygen atoms in total. The smallest absolute Gasteiger partial charge is 0.410 e. The summed E-state index contributed by atoms with van der Waals surface area (Å²) in [5.41, 5.74) is 0.724. The predicted molar refractivity (Wildman–Crippen MR) is 137 cm³/mol. The van der Waals surface area contributed by atoms with Crippen LogP contribution in [0.15, 0.2) is 28.7 Å². The van der Waals surface area contributed by atoms with E-state index in [1.807, 2.05) is 31.7 Å². The van der Waals surface area contributed by atoms with Gasteiger partial charge in [0.1, 0.15) is 23.3 Å². The summed E-state index contributed by atoms with van der Waals surface area (Å²) in [7, 11) is 0. The van der Waals surface area contributed by atoms with E-state index in [1.54, 1.807) is 17.0 Å². The molecule has 1 N–H and O–H groups in total. The van der Waals surface area contributed by atoms with E-state index in [4.69, 9.17) is 15.0 Å². The van der Waals surface area contributed by atoms with Crippen LogP contribution in [0.5, 0.6) is 0 Å². The molecule has 1 aromatic carbocycles. The summed E-state index contributed by atoms with van der Waals surface area (Å²) in [6, 6.07) is 8.02. The molecule has 1 aliphatic carbocycles. The van der Waals surface area contributed by atoms with Crippen LogP contribution in [0.25, 0.3) is 11.3 Å². The number of nitrogens with one attached hydrogen (secondary N) is 1. The lowest BCUT2D eigenvalue weighted by Gasteiger charge is -2.27. The molecule has 36 heavy (non-hydrogen) atoms. The number of hydrogen-bond donors (Lipinski definition) is 1. The molecular formula is C26H29BrFN5O3. The van der Waals surface area contributed by atoms with E-state index in [0.717, 1.165) is 12.8 Å². The minimum absolute atomic E-state index is 0.0507. The fraction of sp³-hybridized carbons (Fsp3) is 0.462. The van der Waals surface area contributed by atoms with Crippen LogP contribution in [-0.2, 0) is 4.74 Å². The first-order valence-electron chi connectivity index (χ1n) is 12.0. The number of benzene rings is 1. The highest BCUT2D eigenvalue weighted by molar-refractivity contribution is 9.10. The van der Waals surface area contributed by atoms with E-state index in [2.05, 4.69) is 21.2 Å². The van der Waals surface area contributed by atoms with E-state index in [-0.39, 0.29) is 23.6 Å². The van der Waals surface area contributed by atoms with Gasteiger partial charge < -0.3 is 19.9 Å². The standard InChI is InChI=1S/C26H29BrFN5O3/c1-26(2,3)36-25(35)33-10-4-9-32(11-12-33)23-19(24(34)30-18-7-8-18)14-20(27)22(31-23)16-5-6-17(15-29)21(28)13-16/h5-6,13-14,18H,4,7-12H2,1-3H3,(H,30,34). The third kappa shape index (κ3) is 6.13. The fourth-order valence-corrected chi connectivity index (χ4v) is 4.52. The number of nitrogens with zero attached hydrogens (tertiary/aromatic N) is 4. The van der Waals surface area contributed by atoms with Gasteiger partial charge in [-0.25, -0.2) is 14.2 Å². The van der Waals surface area contributed by atoms with E-state index in [0.29, 0.717) is 59.7 Å². The second-order valence-electron chi connectivity index (χ2n) is 10.1. The second kappa shape index (κ2) is 10.4. The van der Waals surface area contributed by atoms with E-state index in [9.17, 15) is 14.0 Å². The molecule has 0 bridgehead atoms. The molecule has 4 rings (SSSR count). The monoisotopic (exact) mass is 557 g/mol. The van der Waals surface area contributed by atoms with Crippen molar-refractivity contribution < 1.29 is 18.7 Å². The van der Waals surface area contributed by atoms with Crippen molar-refractivity contribution in [2.45, 2.75) is 51.7 Å². The van der Waals surface area contributed by atoms with E-state index in [1.165, 1.54) is 12.1 Å². The lowest BCUT2D eigenvalue weighted by Crippen LogP contribution is -2.39. The molecule has 0 radical (unpaired) electrons. The van der Waals surface area contributed by atoms with Crippen LogP contribution in [0.4, 0.5) is 15.0 Å². The number of nitriles is 1. The number of carbonyl (C=O) groups is 2. The van der Waals surface area contributed by atoms with E-state index < -0.39 is 11.4 Å². The first-order valence-corrected chi connectivity index (χ1v) is 12.8. The minimum atomic E-state index is -0.636. The summed E-state index contributed by atoms with van der Waals surface area (Å²) in [5, 5.41) is 12.1. The summed E-state index contributed by atoms with van der Waals surface area (Å²) in [6.07, 6.45) is 2.20. The molecule has 1 saturated carbocycles. The van der Waals surface area contributed by atoms with Crippen molar-refractivity contribution in [2.75, 3.05) is 31.1 Å². The highest BCUT2D eigenvalue weighted by Crippen LogP contribution is 2.34. The number of amides is 2. The summed E-state index contributed by atoms with van der Waals surface area (Å²) >= 11 is 3.51. The Morgan fingerprint density at radius 1 is 1.19 bits per heavy atom. The third-order valence-electron chi connectivity index (χ3n) is 5.92. The first-order chi connectivity index (χ1) is 17.1. The van der Waals surface area contributed by atoms with Crippen molar-refractivity contribution in [3.05, 3.63) is 45.7 Å². The Labute approximate surface area is 218 Å². The Bertz CT molecular complexity index is 1220. The number of aromatic nitrogens is 1. The average Bonchev–Trinajstić information content (AvgIpc) is 3.64. The fourth-order valence-electron chi connectivity index (χ4n) is 3.97. The van der Waals surface area contributed by atoms with Gasteiger partial charge in [-0.1, -0.05) is 6.07 Å². The predicted octanol–water partition coefficient (Wildman–Crippen LogP) is 4.86. The average molecular weight is 558 g/mol. The van der Waals surface area contributed by atoms with Crippen molar-refractivity contribution in [1.82, 2.24) is 15.2 Å². The van der Waals surface area contributed by atoms with Crippen LogP contribution in [0.1, 0.15) is 56.0 Å². The minimum Gasteiger partial charge on any atom is -0.444 e. The third-order valence-corrected chi connectivity index (χ3v) is 6.53. The summed E-state index contributed by atoms with van der Waals surface area (Å²) in [5.74, 6) is -0.378. The quantitative estimate of drug-likeness (QED) is 0.576. The highest BCUT2D eigenvalue weighted by Gasteiger charge is 2.30. The van der Waals surface area contributed by atoms with Crippen LogP contribution >= 0.6 is 15.9 Å². The number of anilines is 1. The first kappa shape index (κ1) is 25.9. The Morgan fingerprint density at radius 2 is 1.94 bits per heavy atom. The number of pyridine rings is 1. The number of rotatable bonds is 4. The van der Waals surface area contributed by atoms with Crippen LogP contribution in [0, 0.1) is 17.1 Å². The van der Waals surface area contributed by atoms with Crippen LogP contribution < -0.4 is 10.2 Å². The molecule has 0 atom stereocenters. The highest BCUT2D eigenvalue weighted by atomic mass is 79.9. The molecule has 2 fully saturated rings. The number of carbonyl (C=O) groups excluding carboxylic acids is 2. The van der Waals surface area contributed by atoms with Crippen LogP contribution in [-0.4, -0.2) is 59.7 Å². The van der Waals surface area contributed by atoms with Crippen molar-refractivity contribution >= 4 is 33.7 Å². The van der Waals surface area contributed by atoms with Gasteiger partial charge in [0.2, 0.25) is 0 Å². The molecule has 1 aliphatic heterocycles. The van der Waals surface area contributed by atoms with Gasteiger partial charge in [0.15, 0.2) is 0 Å². The topological polar surface area (TPSA) is 98.6 Å². The summed E-state index contributed by atoms with van der Waals surface area (Å²) in [6.45, 7) is 7.48. The molecule has 2 heterocycles. The Hall–Kier alpha value is -3.19. The number of halogens is 2. The SMILES string of the molecule is CC(C)(C)OC(=O)N1CCCN(c2nc(-c3ccc(C#N)c(F)c3)c(Br)cc2C(=O)NC2CC2)CC1. The molecule has 1 aromatic heterocycles. The van der Waals surface area contributed by atoms with Gasteiger partial charge in [-0.3, -0.25) is 4.79 Å². The van der Waals surface area contributed by atoms with Crippen LogP contribution in [0.3, 0.4) is 0 Å². The molecule has 2 aliphatic rings. The summed E-state index contributed by atoms with van der Waals surface area (Å²) in [4.78, 5) is 34.2. The molecule has 0 unspecified atom stereocenters. The Balaban J connectivity index is 1.67. The van der Waals surface area contributed by atoms with Crippen LogP contribution in [0.2, 0.25) is 0 Å². The second-order valence-corrected chi connectivity index (χ2v) is 10.9. The van der Waals surface area contributed by atoms with Crippen molar-refractivity contribution in [3.8, 4) is 17.3 Å². The van der Waals surface area contributed by atoms with Gasteiger partial charge in [-0.15, -0.1) is 0 Å².